The highest BCUT2D eigenvalue weighted by molar-refractivity contribution is 9.10. The topological polar surface area (TPSA) is 84.1 Å². The molecule has 3 N–H and O–H groups in total. The Hall–Kier alpha value is -1.37. The summed E-state index contributed by atoms with van der Waals surface area (Å²) in [4.78, 5) is 21.7. The average Bonchev–Trinajstić information content (AvgIpc) is 2.40. The maximum Gasteiger partial charge on any atom is 0.241 e. The number of rotatable bonds is 3. The van der Waals surface area contributed by atoms with Crippen LogP contribution in [0.15, 0.2) is 10.7 Å². The first-order chi connectivity index (χ1) is 8.66. The van der Waals surface area contributed by atoms with E-state index in [-0.39, 0.29) is 18.4 Å². The van der Waals surface area contributed by atoms with E-state index in [0.717, 1.165) is 25.9 Å². The minimum atomic E-state index is 0.0961. The Balaban J connectivity index is 1.90. The van der Waals surface area contributed by atoms with E-state index in [2.05, 4.69) is 31.2 Å². The molecule has 1 fully saturated rings. The van der Waals surface area contributed by atoms with Crippen molar-refractivity contribution in [2.24, 2.45) is 0 Å². The van der Waals surface area contributed by atoms with Crippen molar-refractivity contribution in [3.63, 3.8) is 0 Å². The standard InChI is InChI=1S/C11H16BrN5O/c12-8-6-15-11(13)16-10(8)14-7-9(18)17-4-2-1-3-5-17/h6H,1-5,7H2,(H3,13,14,15,16). The van der Waals surface area contributed by atoms with Crippen LogP contribution in [0.5, 0.6) is 0 Å². The molecule has 0 aromatic carbocycles. The molecule has 0 bridgehead atoms. The number of nitrogens with zero attached hydrogens (tertiary/aromatic N) is 3. The highest BCUT2D eigenvalue weighted by Crippen LogP contribution is 2.19. The van der Waals surface area contributed by atoms with Crippen molar-refractivity contribution < 1.29 is 4.79 Å². The van der Waals surface area contributed by atoms with E-state index >= 15 is 0 Å². The number of halogens is 1. The monoisotopic (exact) mass is 313 g/mol. The highest BCUT2D eigenvalue weighted by Gasteiger charge is 2.16. The lowest BCUT2D eigenvalue weighted by molar-refractivity contribution is -0.130. The van der Waals surface area contributed by atoms with Gasteiger partial charge in [0.25, 0.3) is 0 Å². The maximum absolute atomic E-state index is 11.9. The first kappa shape index (κ1) is 13.1. The SMILES string of the molecule is Nc1ncc(Br)c(NCC(=O)N2CCCCC2)n1. The second kappa shape index (κ2) is 5.99. The smallest absolute Gasteiger partial charge is 0.241 e. The number of hydrogen-bond acceptors (Lipinski definition) is 5. The molecule has 18 heavy (non-hydrogen) atoms. The number of amides is 1. The molecule has 1 saturated heterocycles. The summed E-state index contributed by atoms with van der Waals surface area (Å²) in [6.45, 7) is 1.94. The van der Waals surface area contributed by atoms with Crippen molar-refractivity contribution in [1.82, 2.24) is 14.9 Å². The summed E-state index contributed by atoms with van der Waals surface area (Å²) in [5, 5.41) is 2.98. The number of aromatic nitrogens is 2. The number of carbonyl (C=O) groups is 1. The van der Waals surface area contributed by atoms with Crippen molar-refractivity contribution in [3.8, 4) is 0 Å². The fourth-order valence-electron chi connectivity index (χ4n) is 1.92. The maximum atomic E-state index is 11.9. The summed E-state index contributed by atoms with van der Waals surface area (Å²) >= 11 is 3.31. The molecule has 0 saturated carbocycles. The van der Waals surface area contributed by atoms with Crippen molar-refractivity contribution in [2.75, 3.05) is 30.7 Å². The summed E-state index contributed by atoms with van der Waals surface area (Å²) in [6.07, 6.45) is 4.97. The van der Waals surface area contributed by atoms with E-state index < -0.39 is 0 Å². The molecule has 2 rings (SSSR count). The number of piperidine rings is 1. The minimum absolute atomic E-state index is 0.0961. The Morgan fingerprint density at radius 3 is 2.89 bits per heavy atom. The van der Waals surface area contributed by atoms with E-state index in [1.807, 2.05) is 4.90 Å². The van der Waals surface area contributed by atoms with Gasteiger partial charge >= 0.3 is 0 Å². The third-order valence-electron chi connectivity index (χ3n) is 2.88. The zero-order valence-electron chi connectivity index (χ0n) is 10.0. The van der Waals surface area contributed by atoms with Crippen LogP contribution in [0.4, 0.5) is 11.8 Å². The molecule has 1 aliphatic rings. The van der Waals surface area contributed by atoms with E-state index in [4.69, 9.17) is 5.73 Å². The molecule has 1 amide bonds. The van der Waals surface area contributed by atoms with Gasteiger partial charge in [-0.1, -0.05) is 0 Å². The second-order valence-corrected chi connectivity index (χ2v) is 5.07. The molecule has 7 heteroatoms. The number of carbonyl (C=O) groups excluding carboxylic acids is 1. The highest BCUT2D eigenvalue weighted by atomic mass is 79.9. The number of anilines is 2. The summed E-state index contributed by atoms with van der Waals surface area (Å²) in [7, 11) is 0. The molecule has 0 radical (unpaired) electrons. The minimum Gasteiger partial charge on any atom is -0.368 e. The van der Waals surface area contributed by atoms with Crippen LogP contribution in [0.25, 0.3) is 0 Å². The van der Waals surface area contributed by atoms with Crippen molar-refractivity contribution >= 4 is 33.6 Å². The molecule has 0 spiro atoms. The van der Waals surface area contributed by atoms with Crippen molar-refractivity contribution in [2.45, 2.75) is 19.3 Å². The van der Waals surface area contributed by atoms with Gasteiger partial charge in [-0.25, -0.2) is 4.98 Å². The summed E-state index contributed by atoms with van der Waals surface area (Å²) in [5.41, 5.74) is 5.50. The molecule has 2 heterocycles. The predicted octanol–water partition coefficient (Wildman–Crippen LogP) is 1.25. The van der Waals surface area contributed by atoms with Crippen LogP contribution in [-0.4, -0.2) is 40.4 Å². The Kier molecular flexibility index (Phi) is 4.35. The van der Waals surface area contributed by atoms with Crippen LogP contribution in [0.1, 0.15) is 19.3 Å². The molecule has 1 aliphatic heterocycles. The lowest BCUT2D eigenvalue weighted by Crippen LogP contribution is -2.39. The van der Waals surface area contributed by atoms with E-state index in [0.29, 0.717) is 10.3 Å². The van der Waals surface area contributed by atoms with Crippen LogP contribution in [0.2, 0.25) is 0 Å². The van der Waals surface area contributed by atoms with Crippen molar-refractivity contribution in [3.05, 3.63) is 10.7 Å². The Morgan fingerprint density at radius 1 is 1.44 bits per heavy atom. The number of nitrogen functional groups attached to an aromatic ring is 1. The average molecular weight is 314 g/mol. The zero-order chi connectivity index (χ0) is 13.0. The Bertz CT molecular complexity index is 433. The number of nitrogens with one attached hydrogen (secondary N) is 1. The molecule has 1 aromatic heterocycles. The fourth-order valence-corrected chi connectivity index (χ4v) is 2.25. The molecule has 0 aliphatic carbocycles. The van der Waals surface area contributed by atoms with Gasteiger partial charge in [-0.3, -0.25) is 4.79 Å². The normalized spacial score (nSPS) is 15.5. The van der Waals surface area contributed by atoms with Gasteiger partial charge in [0.15, 0.2) is 0 Å². The van der Waals surface area contributed by atoms with E-state index in [1.54, 1.807) is 6.20 Å². The molecule has 0 atom stereocenters. The number of hydrogen-bond donors (Lipinski definition) is 2. The van der Waals surface area contributed by atoms with E-state index in [1.165, 1.54) is 6.42 Å². The van der Waals surface area contributed by atoms with Gasteiger partial charge in [0.05, 0.1) is 11.0 Å². The molecule has 0 unspecified atom stereocenters. The van der Waals surface area contributed by atoms with Crippen LogP contribution in [0, 0.1) is 0 Å². The third-order valence-corrected chi connectivity index (χ3v) is 3.46. The lowest BCUT2D eigenvalue weighted by atomic mass is 10.1. The van der Waals surface area contributed by atoms with Gasteiger partial charge in [-0.15, -0.1) is 0 Å². The van der Waals surface area contributed by atoms with E-state index in [9.17, 15) is 4.79 Å². The summed E-state index contributed by atoms with van der Waals surface area (Å²) in [6, 6.07) is 0. The predicted molar refractivity (Wildman–Crippen MR) is 73.1 cm³/mol. The van der Waals surface area contributed by atoms with Crippen LogP contribution in [0.3, 0.4) is 0 Å². The molecule has 1 aromatic rings. The molecular formula is C11H16BrN5O. The van der Waals surface area contributed by atoms with Gasteiger partial charge in [0, 0.05) is 19.3 Å². The van der Waals surface area contributed by atoms with Crippen LogP contribution < -0.4 is 11.1 Å². The van der Waals surface area contributed by atoms with Gasteiger partial charge in [0.1, 0.15) is 5.82 Å². The summed E-state index contributed by atoms with van der Waals surface area (Å²) < 4.78 is 0.697. The lowest BCUT2D eigenvalue weighted by Gasteiger charge is -2.26. The quantitative estimate of drug-likeness (QED) is 0.877. The number of likely N-dealkylation sites (tertiary alicyclic amines) is 1. The first-order valence-electron chi connectivity index (χ1n) is 5.96. The van der Waals surface area contributed by atoms with Crippen molar-refractivity contribution in [1.29, 1.82) is 0 Å². The van der Waals surface area contributed by atoms with Gasteiger partial charge in [-0.2, -0.15) is 4.98 Å². The largest absolute Gasteiger partial charge is 0.368 e. The second-order valence-electron chi connectivity index (χ2n) is 4.22. The zero-order valence-corrected chi connectivity index (χ0v) is 11.6. The first-order valence-corrected chi connectivity index (χ1v) is 6.76. The Morgan fingerprint density at radius 2 is 2.17 bits per heavy atom. The molecule has 6 nitrogen and oxygen atoms in total. The van der Waals surface area contributed by atoms with Gasteiger partial charge in [0.2, 0.25) is 11.9 Å². The van der Waals surface area contributed by atoms with Crippen LogP contribution >= 0.6 is 15.9 Å². The number of nitrogens with two attached hydrogens (primary N) is 1. The Labute approximate surface area is 114 Å². The fraction of sp³-hybridized carbons (Fsp3) is 0.545. The van der Waals surface area contributed by atoms with Crippen LogP contribution in [-0.2, 0) is 4.79 Å². The molecular weight excluding hydrogens is 298 g/mol. The molecule has 98 valence electrons. The third kappa shape index (κ3) is 3.32. The summed E-state index contributed by atoms with van der Waals surface area (Å²) in [5.74, 6) is 0.831. The van der Waals surface area contributed by atoms with Gasteiger partial charge < -0.3 is 16.0 Å². The van der Waals surface area contributed by atoms with Gasteiger partial charge in [-0.05, 0) is 35.2 Å².